The first kappa shape index (κ1) is 19.4. The molecule has 3 aromatic rings. The number of benzene rings is 3. The number of hydrogen-bond donors (Lipinski definition) is 0. The average molecular weight is 393 g/mol. The van der Waals surface area contributed by atoms with Gasteiger partial charge in [-0.25, -0.2) is 4.79 Å². The molecule has 28 heavy (non-hydrogen) atoms. The molecule has 0 atom stereocenters. The van der Waals surface area contributed by atoms with E-state index in [1.807, 2.05) is 0 Å². The van der Waals surface area contributed by atoms with Crippen molar-refractivity contribution in [2.45, 2.75) is 0 Å². The second-order valence-electron chi connectivity index (χ2n) is 5.86. The van der Waals surface area contributed by atoms with Crippen LogP contribution in [0.5, 0.6) is 11.5 Å². The Morgan fingerprint density at radius 1 is 0.857 bits per heavy atom. The number of carbonyl (C=O) groups excluding carboxylic acids is 2. The highest BCUT2D eigenvalue weighted by Crippen LogP contribution is 2.19. The molecule has 0 saturated heterocycles. The molecule has 0 aliphatic rings. The summed E-state index contributed by atoms with van der Waals surface area (Å²) in [5, 5.41) is 0.415. The molecule has 0 aliphatic heterocycles. The van der Waals surface area contributed by atoms with E-state index in [9.17, 15) is 9.59 Å². The molecule has 3 rings (SSSR count). The summed E-state index contributed by atoms with van der Waals surface area (Å²) in [7, 11) is 1.56. The van der Waals surface area contributed by atoms with Gasteiger partial charge in [0.05, 0.1) is 17.7 Å². The number of rotatable bonds is 6. The van der Waals surface area contributed by atoms with Crippen LogP contribution in [0, 0.1) is 0 Å². The second-order valence-corrected chi connectivity index (χ2v) is 6.27. The molecule has 0 N–H and O–H groups in total. The molecule has 140 valence electrons. The Bertz CT molecular complexity index is 1010. The van der Waals surface area contributed by atoms with Gasteiger partial charge >= 0.3 is 5.97 Å². The molecule has 0 aromatic heterocycles. The molecule has 0 saturated carbocycles. The van der Waals surface area contributed by atoms with E-state index < -0.39 is 5.97 Å². The molecular formula is C23H17ClO4. The van der Waals surface area contributed by atoms with E-state index in [1.165, 1.54) is 6.08 Å². The van der Waals surface area contributed by atoms with E-state index in [2.05, 4.69) is 0 Å². The Balaban J connectivity index is 1.63. The van der Waals surface area contributed by atoms with Crippen LogP contribution in [-0.4, -0.2) is 18.9 Å². The number of esters is 1. The van der Waals surface area contributed by atoms with Gasteiger partial charge in [0.1, 0.15) is 11.5 Å². The molecule has 3 aromatic carbocycles. The quantitative estimate of drug-likeness (QED) is 0.242. The van der Waals surface area contributed by atoms with E-state index in [0.717, 1.165) is 5.56 Å². The van der Waals surface area contributed by atoms with Crippen LogP contribution >= 0.6 is 11.6 Å². The predicted octanol–water partition coefficient (Wildman–Crippen LogP) is 5.46. The van der Waals surface area contributed by atoms with Crippen molar-refractivity contribution >= 4 is 29.4 Å². The fraction of sp³-hybridized carbons (Fsp3) is 0.0435. The van der Waals surface area contributed by atoms with Gasteiger partial charge in [-0.3, -0.25) is 4.79 Å². The fourth-order valence-electron chi connectivity index (χ4n) is 2.46. The summed E-state index contributed by atoms with van der Waals surface area (Å²) in [4.78, 5) is 24.4. The fourth-order valence-corrected chi connectivity index (χ4v) is 2.69. The first-order valence-corrected chi connectivity index (χ1v) is 8.88. The lowest BCUT2D eigenvalue weighted by atomic mass is 10.1. The Labute approximate surface area is 168 Å². The molecule has 0 bridgehead atoms. The Hall–Kier alpha value is -3.37. The zero-order valence-corrected chi connectivity index (χ0v) is 15.8. The zero-order chi connectivity index (χ0) is 19.9. The van der Waals surface area contributed by atoms with Gasteiger partial charge in [0.2, 0.25) is 0 Å². The van der Waals surface area contributed by atoms with Gasteiger partial charge in [-0.1, -0.05) is 41.9 Å². The maximum atomic E-state index is 12.2. The maximum absolute atomic E-state index is 12.2. The summed E-state index contributed by atoms with van der Waals surface area (Å²) in [6, 6.07) is 20.4. The van der Waals surface area contributed by atoms with Crippen molar-refractivity contribution in [3.63, 3.8) is 0 Å². The number of ketones is 1. The number of methoxy groups -OCH3 is 1. The Morgan fingerprint density at radius 3 is 2.14 bits per heavy atom. The summed E-state index contributed by atoms with van der Waals surface area (Å²) in [6.45, 7) is 0. The summed E-state index contributed by atoms with van der Waals surface area (Å²) < 4.78 is 10.4. The van der Waals surface area contributed by atoms with E-state index >= 15 is 0 Å². The van der Waals surface area contributed by atoms with Gasteiger partial charge in [-0.2, -0.15) is 0 Å². The molecule has 4 nitrogen and oxygen atoms in total. The summed E-state index contributed by atoms with van der Waals surface area (Å²) in [5.41, 5.74) is 1.67. The van der Waals surface area contributed by atoms with Gasteiger partial charge in [-0.05, 0) is 60.2 Å². The minimum Gasteiger partial charge on any atom is -0.497 e. The van der Waals surface area contributed by atoms with Crippen LogP contribution in [0.4, 0.5) is 0 Å². The van der Waals surface area contributed by atoms with E-state index in [1.54, 1.807) is 86.0 Å². The lowest BCUT2D eigenvalue weighted by Crippen LogP contribution is -2.08. The third-order valence-electron chi connectivity index (χ3n) is 3.98. The predicted molar refractivity (Wildman–Crippen MR) is 109 cm³/mol. The topological polar surface area (TPSA) is 52.6 Å². The van der Waals surface area contributed by atoms with Gasteiger partial charge < -0.3 is 9.47 Å². The first-order valence-electron chi connectivity index (χ1n) is 8.50. The Kier molecular flexibility index (Phi) is 6.25. The monoisotopic (exact) mass is 392 g/mol. The van der Waals surface area contributed by atoms with Crippen molar-refractivity contribution in [3.8, 4) is 11.5 Å². The van der Waals surface area contributed by atoms with Crippen molar-refractivity contribution in [2.24, 2.45) is 0 Å². The summed E-state index contributed by atoms with van der Waals surface area (Å²) in [5.74, 6) is 0.440. The van der Waals surface area contributed by atoms with Crippen LogP contribution in [0.1, 0.15) is 26.3 Å². The molecule has 0 heterocycles. The van der Waals surface area contributed by atoms with Gasteiger partial charge in [0.15, 0.2) is 5.78 Å². The molecule has 5 heteroatoms. The standard InChI is InChI=1S/C23H17ClO4/c1-27-18-13-9-17(10-14-18)23(26)28-19-11-6-16(7-12-19)8-15-22(25)20-4-2-3-5-21(20)24/h2-15H,1H3/b15-8+. The van der Waals surface area contributed by atoms with Crippen LogP contribution in [0.25, 0.3) is 6.08 Å². The van der Waals surface area contributed by atoms with Crippen LogP contribution in [0.2, 0.25) is 5.02 Å². The summed E-state index contributed by atoms with van der Waals surface area (Å²) in [6.07, 6.45) is 3.14. The molecule has 0 aliphatic carbocycles. The highest BCUT2D eigenvalue weighted by atomic mass is 35.5. The first-order chi connectivity index (χ1) is 13.6. The van der Waals surface area contributed by atoms with E-state index in [0.29, 0.717) is 27.6 Å². The number of carbonyl (C=O) groups is 2. The number of hydrogen-bond acceptors (Lipinski definition) is 4. The third kappa shape index (κ3) is 4.87. The number of halogens is 1. The second kappa shape index (κ2) is 9.02. The smallest absolute Gasteiger partial charge is 0.343 e. The highest BCUT2D eigenvalue weighted by molar-refractivity contribution is 6.34. The van der Waals surface area contributed by atoms with Crippen LogP contribution in [-0.2, 0) is 0 Å². The van der Waals surface area contributed by atoms with Gasteiger partial charge in [-0.15, -0.1) is 0 Å². The molecule has 0 fully saturated rings. The van der Waals surface area contributed by atoms with Crippen molar-refractivity contribution in [1.29, 1.82) is 0 Å². The number of ether oxygens (including phenoxy) is 2. The van der Waals surface area contributed by atoms with Gasteiger partial charge in [0, 0.05) is 5.56 Å². The minimum atomic E-state index is -0.458. The van der Waals surface area contributed by atoms with Crippen LogP contribution in [0.15, 0.2) is 78.9 Å². The molecule has 0 radical (unpaired) electrons. The molecule has 0 spiro atoms. The average Bonchev–Trinajstić information content (AvgIpc) is 2.73. The molecule has 0 amide bonds. The molecule has 0 unspecified atom stereocenters. The molecular weight excluding hydrogens is 376 g/mol. The number of allylic oxidation sites excluding steroid dienone is 1. The van der Waals surface area contributed by atoms with E-state index in [4.69, 9.17) is 21.1 Å². The Morgan fingerprint density at radius 2 is 1.50 bits per heavy atom. The highest BCUT2D eigenvalue weighted by Gasteiger charge is 2.09. The normalized spacial score (nSPS) is 10.6. The van der Waals surface area contributed by atoms with E-state index in [-0.39, 0.29) is 5.78 Å². The van der Waals surface area contributed by atoms with Crippen molar-refractivity contribution in [3.05, 3.63) is 101 Å². The van der Waals surface area contributed by atoms with Crippen LogP contribution in [0.3, 0.4) is 0 Å². The third-order valence-corrected chi connectivity index (χ3v) is 4.31. The van der Waals surface area contributed by atoms with Crippen molar-refractivity contribution in [1.82, 2.24) is 0 Å². The largest absolute Gasteiger partial charge is 0.497 e. The minimum absolute atomic E-state index is 0.180. The SMILES string of the molecule is COc1ccc(C(=O)Oc2ccc(/C=C/C(=O)c3ccccc3Cl)cc2)cc1. The maximum Gasteiger partial charge on any atom is 0.343 e. The van der Waals surface area contributed by atoms with Crippen molar-refractivity contribution < 1.29 is 19.1 Å². The summed E-state index contributed by atoms with van der Waals surface area (Å²) >= 11 is 6.03. The zero-order valence-electron chi connectivity index (χ0n) is 15.1. The van der Waals surface area contributed by atoms with Crippen LogP contribution < -0.4 is 9.47 Å². The lowest BCUT2D eigenvalue weighted by Gasteiger charge is -2.05. The van der Waals surface area contributed by atoms with Crippen molar-refractivity contribution in [2.75, 3.05) is 7.11 Å². The van der Waals surface area contributed by atoms with Gasteiger partial charge in [0.25, 0.3) is 0 Å². The lowest BCUT2D eigenvalue weighted by molar-refractivity contribution is 0.0734.